The van der Waals surface area contributed by atoms with E-state index in [1.165, 1.54) is 37.9 Å². The van der Waals surface area contributed by atoms with Gasteiger partial charge in [-0.25, -0.2) is 0 Å². The second kappa shape index (κ2) is 8.77. The lowest BCUT2D eigenvalue weighted by atomic mass is 10.1. The molecule has 0 aromatic heterocycles. The SMILES string of the molecule is CN(CCCCCBr)CCc1ccccc1. The fourth-order valence-corrected chi connectivity index (χ4v) is 2.13. The molecule has 0 spiro atoms. The first kappa shape index (κ1) is 13.7. The fourth-order valence-electron chi connectivity index (χ4n) is 1.73. The molecule has 1 nitrogen and oxygen atoms in total. The van der Waals surface area contributed by atoms with Gasteiger partial charge in [0.2, 0.25) is 0 Å². The maximum atomic E-state index is 3.46. The standard InChI is InChI=1S/C14H22BrN/c1-16(12-7-3-6-11-15)13-10-14-8-4-2-5-9-14/h2,4-5,8-9H,3,6-7,10-13H2,1H3. The number of alkyl halides is 1. The van der Waals surface area contributed by atoms with Crippen LogP contribution in [0.4, 0.5) is 0 Å². The predicted molar refractivity (Wildman–Crippen MR) is 75.3 cm³/mol. The molecule has 90 valence electrons. The molecule has 0 saturated carbocycles. The largest absolute Gasteiger partial charge is 0.306 e. The molecule has 1 rings (SSSR count). The highest BCUT2D eigenvalue weighted by Crippen LogP contribution is 2.03. The first-order chi connectivity index (χ1) is 7.83. The second-order valence-electron chi connectivity index (χ2n) is 4.29. The maximum absolute atomic E-state index is 3.46. The molecule has 0 unspecified atom stereocenters. The van der Waals surface area contributed by atoms with Crippen LogP contribution in [0.25, 0.3) is 0 Å². The van der Waals surface area contributed by atoms with E-state index >= 15 is 0 Å². The Morgan fingerprint density at radius 2 is 1.75 bits per heavy atom. The molecule has 0 atom stereocenters. The van der Waals surface area contributed by atoms with E-state index in [-0.39, 0.29) is 0 Å². The molecule has 0 heterocycles. The minimum atomic E-state index is 1.14. The summed E-state index contributed by atoms with van der Waals surface area (Å²) in [5.74, 6) is 0. The molecule has 0 saturated heterocycles. The number of rotatable bonds is 8. The highest BCUT2D eigenvalue weighted by molar-refractivity contribution is 9.09. The summed E-state index contributed by atoms with van der Waals surface area (Å²) < 4.78 is 0. The molecule has 0 N–H and O–H groups in total. The molecule has 2 heteroatoms. The Morgan fingerprint density at radius 1 is 1.00 bits per heavy atom. The van der Waals surface area contributed by atoms with Gasteiger partial charge in [0.25, 0.3) is 0 Å². The lowest BCUT2D eigenvalue weighted by Gasteiger charge is -2.16. The third kappa shape index (κ3) is 6.29. The van der Waals surface area contributed by atoms with E-state index in [9.17, 15) is 0 Å². The minimum absolute atomic E-state index is 1.14. The van der Waals surface area contributed by atoms with Crippen molar-refractivity contribution in [3.63, 3.8) is 0 Å². The normalized spacial score (nSPS) is 10.9. The highest BCUT2D eigenvalue weighted by atomic mass is 79.9. The van der Waals surface area contributed by atoms with Gasteiger partial charge in [-0.3, -0.25) is 0 Å². The number of unbranched alkanes of at least 4 members (excludes halogenated alkanes) is 2. The second-order valence-corrected chi connectivity index (χ2v) is 5.08. The van der Waals surface area contributed by atoms with Gasteiger partial charge < -0.3 is 4.90 Å². The summed E-state index contributed by atoms with van der Waals surface area (Å²) in [7, 11) is 2.22. The smallest absolute Gasteiger partial charge is 0.00313 e. The Bertz CT molecular complexity index is 261. The summed E-state index contributed by atoms with van der Waals surface area (Å²) in [6.45, 7) is 2.39. The minimum Gasteiger partial charge on any atom is -0.306 e. The third-order valence-electron chi connectivity index (χ3n) is 2.80. The van der Waals surface area contributed by atoms with Gasteiger partial charge in [0.1, 0.15) is 0 Å². The van der Waals surface area contributed by atoms with Gasteiger partial charge in [-0.1, -0.05) is 52.7 Å². The van der Waals surface area contributed by atoms with E-state index < -0.39 is 0 Å². The average molecular weight is 284 g/mol. The molecule has 0 aliphatic heterocycles. The van der Waals surface area contributed by atoms with Gasteiger partial charge in [0.05, 0.1) is 0 Å². The van der Waals surface area contributed by atoms with Crippen molar-refractivity contribution in [2.75, 3.05) is 25.5 Å². The lowest BCUT2D eigenvalue weighted by molar-refractivity contribution is 0.329. The molecule has 0 aliphatic rings. The number of hydrogen-bond acceptors (Lipinski definition) is 1. The summed E-state index contributed by atoms with van der Waals surface area (Å²) in [6, 6.07) is 10.7. The van der Waals surface area contributed by atoms with Crippen LogP contribution in [-0.4, -0.2) is 30.4 Å². The molecular weight excluding hydrogens is 262 g/mol. The Labute approximate surface area is 108 Å². The van der Waals surface area contributed by atoms with E-state index in [0.29, 0.717) is 0 Å². The fraction of sp³-hybridized carbons (Fsp3) is 0.571. The van der Waals surface area contributed by atoms with Crippen molar-refractivity contribution in [3.05, 3.63) is 35.9 Å². The summed E-state index contributed by atoms with van der Waals surface area (Å²) in [6.07, 6.45) is 5.11. The van der Waals surface area contributed by atoms with Gasteiger partial charge in [-0.05, 0) is 38.4 Å². The zero-order valence-corrected chi connectivity index (χ0v) is 11.7. The van der Waals surface area contributed by atoms with Crippen LogP contribution >= 0.6 is 15.9 Å². The van der Waals surface area contributed by atoms with Crippen LogP contribution in [0.2, 0.25) is 0 Å². The number of likely N-dealkylation sites (N-methyl/N-ethyl adjacent to an activating group) is 1. The van der Waals surface area contributed by atoms with E-state index in [1.807, 2.05) is 0 Å². The monoisotopic (exact) mass is 283 g/mol. The van der Waals surface area contributed by atoms with E-state index in [2.05, 4.69) is 58.2 Å². The Kier molecular flexibility index (Phi) is 7.52. The average Bonchev–Trinajstić information content (AvgIpc) is 2.33. The molecule has 0 aliphatic carbocycles. The van der Waals surface area contributed by atoms with Crippen LogP contribution in [0.5, 0.6) is 0 Å². The summed E-state index contributed by atoms with van der Waals surface area (Å²) in [5.41, 5.74) is 1.44. The van der Waals surface area contributed by atoms with Crippen molar-refractivity contribution in [2.24, 2.45) is 0 Å². The van der Waals surface area contributed by atoms with Gasteiger partial charge in [-0.2, -0.15) is 0 Å². The van der Waals surface area contributed by atoms with Gasteiger partial charge >= 0.3 is 0 Å². The van der Waals surface area contributed by atoms with Gasteiger partial charge in [-0.15, -0.1) is 0 Å². The molecule has 0 fully saturated rings. The molecule has 16 heavy (non-hydrogen) atoms. The van der Waals surface area contributed by atoms with Crippen LogP contribution in [0, 0.1) is 0 Å². The summed E-state index contributed by atoms with van der Waals surface area (Å²) in [5, 5.41) is 1.14. The zero-order valence-electron chi connectivity index (χ0n) is 10.2. The van der Waals surface area contributed by atoms with E-state index in [1.54, 1.807) is 0 Å². The van der Waals surface area contributed by atoms with Crippen LogP contribution in [0.15, 0.2) is 30.3 Å². The third-order valence-corrected chi connectivity index (χ3v) is 3.36. The topological polar surface area (TPSA) is 3.24 Å². The van der Waals surface area contributed by atoms with E-state index in [0.717, 1.165) is 11.8 Å². The zero-order chi connectivity index (χ0) is 11.6. The van der Waals surface area contributed by atoms with Crippen LogP contribution in [0.3, 0.4) is 0 Å². The molecule has 0 radical (unpaired) electrons. The highest BCUT2D eigenvalue weighted by Gasteiger charge is 1.98. The van der Waals surface area contributed by atoms with Crippen molar-refractivity contribution in [1.29, 1.82) is 0 Å². The number of benzene rings is 1. The van der Waals surface area contributed by atoms with Crippen LogP contribution < -0.4 is 0 Å². The Hall–Kier alpha value is -0.340. The predicted octanol–water partition coefficient (Wildman–Crippen LogP) is 3.73. The van der Waals surface area contributed by atoms with Crippen molar-refractivity contribution in [2.45, 2.75) is 25.7 Å². The van der Waals surface area contributed by atoms with E-state index in [4.69, 9.17) is 0 Å². The van der Waals surface area contributed by atoms with Crippen molar-refractivity contribution in [1.82, 2.24) is 4.90 Å². The number of halogens is 1. The maximum Gasteiger partial charge on any atom is 0.00313 e. The summed E-state index contributed by atoms with van der Waals surface area (Å²) >= 11 is 3.46. The molecule has 1 aromatic rings. The van der Waals surface area contributed by atoms with Crippen molar-refractivity contribution in [3.8, 4) is 0 Å². The van der Waals surface area contributed by atoms with Crippen molar-refractivity contribution < 1.29 is 0 Å². The van der Waals surface area contributed by atoms with Crippen molar-refractivity contribution >= 4 is 15.9 Å². The van der Waals surface area contributed by atoms with Crippen LogP contribution in [0.1, 0.15) is 24.8 Å². The van der Waals surface area contributed by atoms with Gasteiger partial charge in [0.15, 0.2) is 0 Å². The Morgan fingerprint density at radius 3 is 2.44 bits per heavy atom. The first-order valence-corrected chi connectivity index (χ1v) is 7.23. The molecular formula is C14H22BrN. The number of nitrogens with zero attached hydrogens (tertiary/aromatic N) is 1. The van der Waals surface area contributed by atoms with Gasteiger partial charge in [0, 0.05) is 11.9 Å². The molecule has 0 bridgehead atoms. The Balaban J connectivity index is 2.08. The number of hydrogen-bond donors (Lipinski definition) is 0. The quantitative estimate of drug-likeness (QED) is 0.519. The summed E-state index contributed by atoms with van der Waals surface area (Å²) in [4.78, 5) is 2.43. The molecule has 0 amide bonds. The van der Waals surface area contributed by atoms with Crippen LogP contribution in [-0.2, 0) is 6.42 Å². The molecule has 1 aromatic carbocycles. The lowest BCUT2D eigenvalue weighted by Crippen LogP contribution is -2.22. The first-order valence-electron chi connectivity index (χ1n) is 6.11.